The van der Waals surface area contributed by atoms with E-state index in [4.69, 9.17) is 9.31 Å². The molecule has 0 bridgehead atoms. The van der Waals surface area contributed by atoms with Crippen LogP contribution in [0.15, 0.2) is 11.9 Å². The maximum atomic E-state index is 14.6. The molecule has 0 N–H and O–H groups in total. The largest absolute Gasteiger partial charge is 0.525 e. The number of hydrogen-bond donors (Lipinski definition) is 0. The SMILES string of the molecule is CC1(C)OB(C(F)=Cc2cn(C3CCCN(S(C)(=O)=O)C3)nn2)OC1(C)C. The molecule has 0 saturated carbocycles. The molecule has 2 aliphatic heterocycles. The standard InChI is InChI=1S/C16H26BFN4O4S/c1-15(2)16(3,4)26-17(25-15)14(18)9-12-10-22(20-19-12)13-7-6-8-21(11-13)27(5,23)24/h9-10,13H,6-8,11H2,1-5H3. The van der Waals surface area contributed by atoms with Crippen molar-refractivity contribution in [3.63, 3.8) is 0 Å². The predicted octanol–water partition coefficient (Wildman–Crippen LogP) is 1.82. The van der Waals surface area contributed by atoms with Crippen LogP contribution in [-0.4, -0.2) is 65.4 Å². The minimum Gasteiger partial charge on any atom is -0.398 e. The molecular weight excluding hydrogens is 374 g/mol. The number of rotatable bonds is 4. The molecule has 3 rings (SSSR count). The fraction of sp³-hybridized carbons (Fsp3) is 0.750. The van der Waals surface area contributed by atoms with E-state index in [-0.39, 0.29) is 6.04 Å². The maximum Gasteiger partial charge on any atom is 0.525 e. The van der Waals surface area contributed by atoms with Gasteiger partial charge in [0.05, 0.1) is 29.7 Å². The molecule has 8 nitrogen and oxygen atoms in total. The summed E-state index contributed by atoms with van der Waals surface area (Å²) in [6.07, 6.45) is 5.58. The van der Waals surface area contributed by atoms with Crippen molar-refractivity contribution in [2.75, 3.05) is 19.3 Å². The first-order chi connectivity index (χ1) is 12.4. The van der Waals surface area contributed by atoms with Gasteiger partial charge in [-0.05, 0) is 46.6 Å². The Kier molecular flexibility index (Phi) is 5.26. The monoisotopic (exact) mass is 400 g/mol. The molecule has 11 heteroatoms. The lowest BCUT2D eigenvalue weighted by Gasteiger charge is -2.32. The summed E-state index contributed by atoms with van der Waals surface area (Å²) in [4.78, 5) is 0. The van der Waals surface area contributed by atoms with Crippen LogP contribution in [0.1, 0.15) is 52.3 Å². The van der Waals surface area contributed by atoms with E-state index in [1.807, 2.05) is 27.7 Å². The third-order valence-corrected chi connectivity index (χ3v) is 6.76. The minimum atomic E-state index is -3.25. The highest BCUT2D eigenvalue weighted by Gasteiger charge is 2.53. The van der Waals surface area contributed by atoms with Gasteiger partial charge < -0.3 is 9.31 Å². The first kappa shape index (κ1) is 20.4. The van der Waals surface area contributed by atoms with Crippen molar-refractivity contribution in [1.29, 1.82) is 0 Å². The molecule has 0 amide bonds. The highest BCUT2D eigenvalue weighted by molar-refractivity contribution is 7.88. The Balaban J connectivity index is 1.72. The molecule has 3 heterocycles. The number of hydrogen-bond acceptors (Lipinski definition) is 6. The highest BCUT2D eigenvalue weighted by atomic mass is 32.2. The third kappa shape index (κ3) is 4.26. The molecule has 0 aromatic carbocycles. The maximum absolute atomic E-state index is 14.6. The number of nitrogens with zero attached hydrogens (tertiary/aromatic N) is 4. The molecule has 2 aliphatic rings. The van der Waals surface area contributed by atoms with E-state index >= 15 is 0 Å². The van der Waals surface area contributed by atoms with Crippen LogP contribution in [0, 0.1) is 0 Å². The number of piperidine rings is 1. The van der Waals surface area contributed by atoms with Gasteiger partial charge in [0, 0.05) is 13.1 Å². The molecular formula is C16H26BFN4O4S. The summed E-state index contributed by atoms with van der Waals surface area (Å²) in [6, 6.07) is -0.122. The van der Waals surface area contributed by atoms with Crippen molar-refractivity contribution < 1.29 is 22.1 Å². The first-order valence-corrected chi connectivity index (χ1v) is 10.8. The quantitative estimate of drug-likeness (QED) is 0.717. The van der Waals surface area contributed by atoms with Crippen LogP contribution in [0.4, 0.5) is 4.39 Å². The Labute approximate surface area is 159 Å². The second-order valence-electron chi connectivity index (χ2n) is 8.16. The van der Waals surface area contributed by atoms with E-state index in [1.54, 1.807) is 10.9 Å². The van der Waals surface area contributed by atoms with E-state index in [0.29, 0.717) is 18.8 Å². The molecule has 0 spiro atoms. The van der Waals surface area contributed by atoms with Gasteiger partial charge in [-0.2, -0.15) is 0 Å². The van der Waals surface area contributed by atoms with Crippen molar-refractivity contribution in [2.45, 2.75) is 57.8 Å². The second-order valence-corrected chi connectivity index (χ2v) is 10.1. The zero-order valence-electron chi connectivity index (χ0n) is 16.3. The number of aromatic nitrogens is 3. The van der Waals surface area contributed by atoms with Gasteiger partial charge in [-0.25, -0.2) is 21.8 Å². The first-order valence-electron chi connectivity index (χ1n) is 8.99. The smallest absolute Gasteiger partial charge is 0.398 e. The summed E-state index contributed by atoms with van der Waals surface area (Å²) in [7, 11) is -4.33. The molecule has 2 saturated heterocycles. The van der Waals surface area contributed by atoms with E-state index in [9.17, 15) is 12.8 Å². The lowest BCUT2D eigenvalue weighted by atomic mass is 9.87. The van der Waals surface area contributed by atoms with Gasteiger partial charge in [-0.3, -0.25) is 0 Å². The van der Waals surface area contributed by atoms with Crippen LogP contribution in [-0.2, 0) is 19.3 Å². The Hall–Kier alpha value is -1.30. The zero-order chi connectivity index (χ0) is 20.0. The number of halogens is 1. The summed E-state index contributed by atoms with van der Waals surface area (Å²) in [6.45, 7) is 8.26. The van der Waals surface area contributed by atoms with Crippen molar-refractivity contribution in [1.82, 2.24) is 19.3 Å². The Morgan fingerprint density at radius 1 is 1.33 bits per heavy atom. The van der Waals surface area contributed by atoms with Gasteiger partial charge in [0.2, 0.25) is 10.0 Å². The average molecular weight is 400 g/mol. The highest BCUT2D eigenvalue weighted by Crippen LogP contribution is 2.39. The average Bonchev–Trinajstić information content (AvgIpc) is 3.09. The molecule has 0 radical (unpaired) electrons. The molecule has 1 aromatic heterocycles. The van der Waals surface area contributed by atoms with Crippen molar-refractivity contribution in [2.24, 2.45) is 0 Å². The van der Waals surface area contributed by atoms with E-state index in [2.05, 4.69) is 10.3 Å². The van der Waals surface area contributed by atoms with Gasteiger partial charge in [-0.1, -0.05) is 5.21 Å². The molecule has 0 aliphatic carbocycles. The predicted molar refractivity (Wildman–Crippen MR) is 99.9 cm³/mol. The summed E-state index contributed by atoms with van der Waals surface area (Å²) >= 11 is 0. The summed E-state index contributed by atoms with van der Waals surface area (Å²) in [5, 5.41) is 8.03. The van der Waals surface area contributed by atoms with Crippen LogP contribution in [0.5, 0.6) is 0 Å². The van der Waals surface area contributed by atoms with Crippen LogP contribution >= 0.6 is 0 Å². The topological polar surface area (TPSA) is 86.6 Å². The van der Waals surface area contributed by atoms with E-state index in [0.717, 1.165) is 12.8 Å². The van der Waals surface area contributed by atoms with Crippen molar-refractivity contribution in [3.8, 4) is 0 Å². The van der Waals surface area contributed by atoms with Crippen LogP contribution in [0.2, 0.25) is 0 Å². The lowest BCUT2D eigenvalue weighted by molar-refractivity contribution is 0.00578. The Morgan fingerprint density at radius 2 is 1.96 bits per heavy atom. The normalized spacial score (nSPS) is 26.5. The van der Waals surface area contributed by atoms with Gasteiger partial charge >= 0.3 is 7.12 Å². The molecule has 27 heavy (non-hydrogen) atoms. The van der Waals surface area contributed by atoms with E-state index in [1.165, 1.54) is 16.6 Å². The van der Waals surface area contributed by atoms with Crippen LogP contribution in [0.3, 0.4) is 0 Å². The van der Waals surface area contributed by atoms with Crippen LogP contribution < -0.4 is 0 Å². The van der Waals surface area contributed by atoms with E-state index < -0.39 is 34.1 Å². The Morgan fingerprint density at radius 3 is 2.56 bits per heavy atom. The minimum absolute atomic E-state index is 0.122. The fourth-order valence-corrected chi connectivity index (χ4v) is 4.04. The summed E-state index contributed by atoms with van der Waals surface area (Å²) in [5.41, 5.74) is -1.50. The fourth-order valence-electron chi connectivity index (χ4n) is 3.14. The second kappa shape index (κ2) is 6.95. The van der Waals surface area contributed by atoms with Crippen molar-refractivity contribution in [3.05, 3.63) is 17.6 Å². The van der Waals surface area contributed by atoms with Crippen LogP contribution in [0.25, 0.3) is 6.08 Å². The summed E-state index contributed by atoms with van der Waals surface area (Å²) in [5.74, 6) is 0. The lowest BCUT2D eigenvalue weighted by Crippen LogP contribution is -2.41. The van der Waals surface area contributed by atoms with Crippen molar-refractivity contribution >= 4 is 23.2 Å². The van der Waals surface area contributed by atoms with Gasteiger partial charge in [0.25, 0.3) is 0 Å². The molecule has 1 unspecified atom stereocenters. The van der Waals surface area contributed by atoms with Gasteiger partial charge in [0.1, 0.15) is 11.4 Å². The van der Waals surface area contributed by atoms with Gasteiger partial charge in [-0.15, -0.1) is 5.10 Å². The third-order valence-electron chi connectivity index (χ3n) is 5.49. The van der Waals surface area contributed by atoms with Gasteiger partial charge in [0.15, 0.2) is 0 Å². The summed E-state index contributed by atoms with van der Waals surface area (Å²) < 4.78 is 52.5. The molecule has 2 fully saturated rings. The molecule has 150 valence electrons. The number of sulfonamides is 1. The molecule has 1 atom stereocenters. The Bertz CT molecular complexity index is 823. The zero-order valence-corrected chi connectivity index (χ0v) is 17.2. The molecule has 1 aromatic rings.